The van der Waals surface area contributed by atoms with Gasteiger partial charge in [0.15, 0.2) is 0 Å². The Morgan fingerprint density at radius 1 is 1.20 bits per heavy atom. The van der Waals surface area contributed by atoms with Gasteiger partial charge >= 0.3 is 0 Å². The normalized spacial score (nSPS) is 31.0. The summed E-state index contributed by atoms with van der Waals surface area (Å²) in [4.78, 5) is 1.05. The minimum atomic E-state index is -0.875. The lowest BCUT2D eigenvalue weighted by molar-refractivity contribution is 0.325. The molecule has 1 saturated carbocycles. The van der Waals surface area contributed by atoms with Crippen molar-refractivity contribution in [1.82, 2.24) is 5.32 Å². The highest BCUT2D eigenvalue weighted by Gasteiger charge is 2.32. The van der Waals surface area contributed by atoms with Gasteiger partial charge in [0, 0.05) is 10.9 Å². The van der Waals surface area contributed by atoms with Crippen LogP contribution in [-0.4, -0.2) is 22.5 Å². The number of hydrogen-bond donors (Lipinski definition) is 1. The number of benzene rings is 1. The fourth-order valence-corrected chi connectivity index (χ4v) is 5.63. The molecule has 3 rings (SSSR count). The first-order valence-corrected chi connectivity index (χ1v) is 9.10. The van der Waals surface area contributed by atoms with Crippen LogP contribution in [0.4, 0.5) is 0 Å². The van der Waals surface area contributed by atoms with Gasteiger partial charge in [-0.2, -0.15) is 0 Å². The molecule has 1 aromatic rings. The van der Waals surface area contributed by atoms with Gasteiger partial charge in [-0.3, -0.25) is 4.21 Å². The zero-order chi connectivity index (χ0) is 14.1. The lowest BCUT2D eigenvalue weighted by Crippen LogP contribution is -2.44. The van der Waals surface area contributed by atoms with Crippen molar-refractivity contribution < 1.29 is 4.21 Å². The highest BCUT2D eigenvalue weighted by Crippen LogP contribution is 2.31. The van der Waals surface area contributed by atoms with Gasteiger partial charge in [-0.05, 0) is 74.8 Å². The van der Waals surface area contributed by atoms with Gasteiger partial charge < -0.3 is 5.32 Å². The number of fused-ring (bicyclic) bond motifs is 1. The van der Waals surface area contributed by atoms with Gasteiger partial charge in [0.1, 0.15) is 0 Å². The van der Waals surface area contributed by atoms with E-state index in [0.717, 1.165) is 24.2 Å². The Morgan fingerprint density at radius 3 is 2.80 bits per heavy atom. The average Bonchev–Trinajstić information content (AvgIpc) is 2.93. The third kappa shape index (κ3) is 2.71. The topological polar surface area (TPSA) is 29.1 Å². The number of rotatable bonds is 3. The van der Waals surface area contributed by atoms with Crippen molar-refractivity contribution in [3.63, 3.8) is 0 Å². The molecule has 0 heterocycles. The van der Waals surface area contributed by atoms with Crippen LogP contribution in [0.15, 0.2) is 23.1 Å². The second kappa shape index (κ2) is 5.98. The molecule has 3 heteroatoms. The molecule has 0 amide bonds. The summed E-state index contributed by atoms with van der Waals surface area (Å²) in [5, 5.41) is 3.65. The van der Waals surface area contributed by atoms with E-state index in [9.17, 15) is 4.21 Å². The van der Waals surface area contributed by atoms with E-state index >= 15 is 0 Å². The van der Waals surface area contributed by atoms with Gasteiger partial charge in [-0.25, -0.2) is 0 Å². The lowest BCUT2D eigenvalue weighted by atomic mass is 9.87. The summed E-state index contributed by atoms with van der Waals surface area (Å²) >= 11 is 0. The Hall–Kier alpha value is -0.670. The molecule has 110 valence electrons. The SMILES string of the molecule is CNC1CCC(C)CC1S(=O)c1ccc2c(c1)CCC2. The van der Waals surface area contributed by atoms with Gasteiger partial charge in [0.05, 0.1) is 16.0 Å². The van der Waals surface area contributed by atoms with Crippen LogP contribution in [0.25, 0.3) is 0 Å². The predicted molar refractivity (Wildman–Crippen MR) is 84.5 cm³/mol. The van der Waals surface area contributed by atoms with Crippen LogP contribution in [0.3, 0.4) is 0 Å². The molecule has 1 fully saturated rings. The van der Waals surface area contributed by atoms with E-state index in [1.165, 1.54) is 30.4 Å². The van der Waals surface area contributed by atoms with Crippen molar-refractivity contribution in [1.29, 1.82) is 0 Å². The molecule has 1 N–H and O–H groups in total. The Bertz CT molecular complexity index is 514. The first kappa shape index (κ1) is 14.3. The van der Waals surface area contributed by atoms with Crippen molar-refractivity contribution in [3.05, 3.63) is 29.3 Å². The Labute approximate surface area is 124 Å². The quantitative estimate of drug-likeness (QED) is 0.927. The zero-order valence-electron chi connectivity index (χ0n) is 12.5. The summed E-state index contributed by atoms with van der Waals surface area (Å²) in [7, 11) is 1.13. The van der Waals surface area contributed by atoms with E-state index in [1.807, 2.05) is 7.05 Å². The van der Waals surface area contributed by atoms with Crippen molar-refractivity contribution in [2.24, 2.45) is 5.92 Å². The van der Waals surface area contributed by atoms with E-state index in [-0.39, 0.29) is 5.25 Å². The molecule has 2 aliphatic carbocycles. The highest BCUT2D eigenvalue weighted by molar-refractivity contribution is 7.85. The summed E-state index contributed by atoms with van der Waals surface area (Å²) in [6.45, 7) is 2.29. The summed E-state index contributed by atoms with van der Waals surface area (Å²) in [6, 6.07) is 6.92. The fourth-order valence-electron chi connectivity index (χ4n) is 3.74. The minimum absolute atomic E-state index is 0.267. The van der Waals surface area contributed by atoms with E-state index in [2.05, 4.69) is 30.4 Å². The Balaban J connectivity index is 1.83. The summed E-state index contributed by atoms with van der Waals surface area (Å²) in [6.07, 6.45) is 7.10. The maximum Gasteiger partial charge on any atom is 0.0576 e. The van der Waals surface area contributed by atoms with Crippen molar-refractivity contribution >= 4 is 10.8 Å². The Morgan fingerprint density at radius 2 is 2.00 bits per heavy atom. The zero-order valence-corrected chi connectivity index (χ0v) is 13.3. The van der Waals surface area contributed by atoms with E-state index < -0.39 is 10.8 Å². The van der Waals surface area contributed by atoms with Crippen LogP contribution >= 0.6 is 0 Å². The molecule has 0 saturated heterocycles. The molecule has 2 aliphatic rings. The molecule has 0 aromatic heterocycles. The first-order valence-electron chi connectivity index (χ1n) is 7.88. The van der Waals surface area contributed by atoms with E-state index in [1.54, 1.807) is 0 Å². The van der Waals surface area contributed by atoms with Crippen molar-refractivity contribution in [3.8, 4) is 0 Å². The molecule has 0 radical (unpaired) electrons. The second-order valence-corrected chi connectivity index (χ2v) is 8.11. The maximum atomic E-state index is 13.0. The summed E-state index contributed by atoms with van der Waals surface area (Å²) in [5.74, 6) is 0.697. The largest absolute Gasteiger partial charge is 0.316 e. The van der Waals surface area contributed by atoms with E-state index in [4.69, 9.17) is 0 Å². The molecular weight excluding hydrogens is 266 g/mol. The molecule has 4 atom stereocenters. The molecule has 0 bridgehead atoms. The first-order chi connectivity index (χ1) is 9.69. The standard InChI is InChI=1S/C17H25NOS/c1-12-6-9-16(18-2)17(10-12)20(19)15-8-7-13-4-3-5-14(13)11-15/h7-8,11-12,16-18H,3-6,9-10H2,1-2H3. The summed E-state index contributed by atoms with van der Waals surface area (Å²) < 4.78 is 13.0. The average molecular weight is 291 g/mol. The fraction of sp³-hybridized carbons (Fsp3) is 0.647. The monoisotopic (exact) mass is 291 g/mol. The number of nitrogens with one attached hydrogen (secondary N) is 1. The minimum Gasteiger partial charge on any atom is -0.316 e. The molecule has 0 aliphatic heterocycles. The van der Waals surface area contributed by atoms with Crippen LogP contribution in [0.2, 0.25) is 0 Å². The Kier molecular flexibility index (Phi) is 4.27. The molecule has 2 nitrogen and oxygen atoms in total. The molecule has 0 spiro atoms. The third-order valence-corrected chi connectivity index (χ3v) is 6.79. The van der Waals surface area contributed by atoms with Crippen LogP contribution < -0.4 is 5.32 Å². The molecular formula is C17H25NOS. The lowest BCUT2D eigenvalue weighted by Gasteiger charge is -2.34. The van der Waals surface area contributed by atoms with Crippen LogP contribution in [-0.2, 0) is 23.6 Å². The number of aryl methyl sites for hydroxylation is 2. The maximum absolute atomic E-state index is 13.0. The van der Waals surface area contributed by atoms with Crippen molar-refractivity contribution in [2.75, 3.05) is 7.05 Å². The third-order valence-electron chi connectivity index (χ3n) is 5.00. The van der Waals surface area contributed by atoms with E-state index in [0.29, 0.717) is 12.0 Å². The van der Waals surface area contributed by atoms with Gasteiger partial charge in [-0.15, -0.1) is 0 Å². The highest BCUT2D eigenvalue weighted by atomic mass is 32.2. The van der Waals surface area contributed by atoms with Gasteiger partial charge in [-0.1, -0.05) is 13.0 Å². The molecule has 20 heavy (non-hydrogen) atoms. The molecule has 4 unspecified atom stereocenters. The van der Waals surface area contributed by atoms with Crippen LogP contribution in [0.1, 0.15) is 43.7 Å². The van der Waals surface area contributed by atoms with Gasteiger partial charge in [0.2, 0.25) is 0 Å². The smallest absolute Gasteiger partial charge is 0.0576 e. The predicted octanol–water partition coefficient (Wildman–Crippen LogP) is 3.06. The van der Waals surface area contributed by atoms with Crippen LogP contribution in [0.5, 0.6) is 0 Å². The second-order valence-electron chi connectivity index (χ2n) is 6.43. The van der Waals surface area contributed by atoms with Crippen LogP contribution in [0, 0.1) is 5.92 Å². The van der Waals surface area contributed by atoms with Gasteiger partial charge in [0.25, 0.3) is 0 Å². The number of hydrogen-bond acceptors (Lipinski definition) is 2. The summed E-state index contributed by atoms with van der Waals surface area (Å²) in [5.41, 5.74) is 2.90. The molecule has 1 aromatic carbocycles. The van der Waals surface area contributed by atoms with Crippen molar-refractivity contribution in [2.45, 2.75) is 61.6 Å².